The highest BCUT2D eigenvalue weighted by Crippen LogP contribution is 2.31. The topological polar surface area (TPSA) is 12.4 Å². The number of benzene rings is 3. The van der Waals surface area contributed by atoms with Gasteiger partial charge in [0.05, 0.1) is 5.69 Å². The molecule has 0 heterocycles. The Bertz CT molecular complexity index is 992. The number of hydrogen-bond donors (Lipinski definition) is 0. The summed E-state index contributed by atoms with van der Waals surface area (Å²) in [5, 5.41) is 3.25. The lowest BCUT2D eigenvalue weighted by Gasteiger charge is -2.09. The lowest BCUT2D eigenvalue weighted by Crippen LogP contribution is -1.94. The predicted octanol–water partition coefficient (Wildman–Crippen LogP) is 7.69. The maximum atomic E-state index is 5.04. The van der Waals surface area contributed by atoms with Gasteiger partial charge in [0.2, 0.25) is 0 Å². The van der Waals surface area contributed by atoms with E-state index < -0.39 is 0 Å². The molecule has 0 atom stereocenters. The Morgan fingerprint density at radius 1 is 0.821 bits per heavy atom. The minimum atomic E-state index is 1.05. The lowest BCUT2D eigenvalue weighted by atomic mass is 10.1. The molecule has 0 spiro atoms. The Kier molecular flexibility index (Phi) is 6.35. The van der Waals surface area contributed by atoms with Crippen molar-refractivity contribution >= 4 is 34.3 Å². The lowest BCUT2D eigenvalue weighted by molar-refractivity contribution is 0.912. The molecule has 140 valence electrons. The first-order valence-electron chi connectivity index (χ1n) is 9.60. The summed E-state index contributed by atoms with van der Waals surface area (Å²) in [7, 11) is 0. The highest BCUT2D eigenvalue weighted by molar-refractivity contribution is 8.14. The van der Waals surface area contributed by atoms with E-state index in [0.717, 1.165) is 10.7 Å². The van der Waals surface area contributed by atoms with Crippen molar-refractivity contribution < 1.29 is 0 Å². The van der Waals surface area contributed by atoms with Crippen molar-refractivity contribution in [2.75, 3.05) is 0 Å². The fraction of sp³-hybridized carbons (Fsp3) is 0.160. The maximum Gasteiger partial charge on any atom is 0.105 e. The van der Waals surface area contributed by atoms with E-state index in [1.165, 1.54) is 45.8 Å². The van der Waals surface area contributed by atoms with E-state index in [-0.39, 0.29) is 0 Å². The van der Waals surface area contributed by atoms with E-state index >= 15 is 0 Å². The number of nitrogens with zero attached hydrogens (tertiary/aromatic N) is 1. The second-order valence-corrected chi connectivity index (χ2v) is 8.88. The van der Waals surface area contributed by atoms with Gasteiger partial charge in [-0.1, -0.05) is 66.0 Å². The van der Waals surface area contributed by atoms with Gasteiger partial charge in [0.1, 0.15) is 5.04 Å². The zero-order valence-electron chi connectivity index (χ0n) is 16.0. The number of rotatable bonds is 5. The van der Waals surface area contributed by atoms with Gasteiger partial charge in [0, 0.05) is 9.79 Å². The second kappa shape index (κ2) is 9.31. The summed E-state index contributed by atoms with van der Waals surface area (Å²) < 4.78 is 0. The van der Waals surface area contributed by atoms with E-state index in [4.69, 9.17) is 4.99 Å². The fourth-order valence-electron chi connectivity index (χ4n) is 3.24. The molecule has 3 aromatic carbocycles. The molecule has 1 nitrogen and oxygen atoms in total. The van der Waals surface area contributed by atoms with Crippen LogP contribution in [0.2, 0.25) is 0 Å². The van der Waals surface area contributed by atoms with E-state index in [2.05, 4.69) is 85.1 Å². The summed E-state index contributed by atoms with van der Waals surface area (Å²) in [4.78, 5) is 7.49. The van der Waals surface area contributed by atoms with Gasteiger partial charge in [0.25, 0.3) is 0 Å². The SMILES string of the molecule is CC(=CSc1ccccc1)C(=Nc1ccc2c(c1)CCC2)Sc1ccccc1. The zero-order valence-corrected chi connectivity index (χ0v) is 17.6. The summed E-state index contributed by atoms with van der Waals surface area (Å²) in [5.41, 5.74) is 5.19. The first-order valence-corrected chi connectivity index (χ1v) is 11.3. The molecule has 3 aromatic rings. The van der Waals surface area contributed by atoms with Crippen LogP contribution in [0, 0.1) is 0 Å². The van der Waals surface area contributed by atoms with Gasteiger partial charge in [-0.15, -0.1) is 0 Å². The number of aliphatic imine (C=N–C) groups is 1. The maximum absolute atomic E-state index is 5.04. The van der Waals surface area contributed by atoms with Crippen LogP contribution in [0.25, 0.3) is 0 Å². The van der Waals surface area contributed by atoms with Crippen molar-refractivity contribution in [1.29, 1.82) is 0 Å². The van der Waals surface area contributed by atoms with Gasteiger partial charge in [-0.2, -0.15) is 0 Å². The summed E-state index contributed by atoms with van der Waals surface area (Å²) in [6.07, 6.45) is 3.65. The minimum Gasteiger partial charge on any atom is -0.241 e. The molecular weight excluding hydrogens is 378 g/mol. The minimum absolute atomic E-state index is 1.05. The van der Waals surface area contributed by atoms with Crippen LogP contribution < -0.4 is 0 Å². The summed E-state index contributed by atoms with van der Waals surface area (Å²) in [6.45, 7) is 2.15. The highest BCUT2D eigenvalue weighted by Gasteiger charge is 2.12. The van der Waals surface area contributed by atoms with Gasteiger partial charge in [-0.05, 0) is 84.7 Å². The number of hydrogen-bond acceptors (Lipinski definition) is 3. The van der Waals surface area contributed by atoms with Crippen molar-refractivity contribution in [2.45, 2.75) is 36.0 Å². The second-order valence-electron chi connectivity index (χ2n) is 6.87. The first-order chi connectivity index (χ1) is 13.8. The zero-order chi connectivity index (χ0) is 19.2. The predicted molar refractivity (Wildman–Crippen MR) is 124 cm³/mol. The summed E-state index contributed by atoms with van der Waals surface area (Å²) in [5.74, 6) is 0. The smallest absolute Gasteiger partial charge is 0.105 e. The normalized spacial score (nSPS) is 14.2. The molecule has 1 aliphatic rings. The first kappa shape index (κ1) is 19.1. The standard InChI is InChI=1S/C25H23NS2/c1-19(18-27-23-11-4-2-5-12-23)25(28-24-13-6-3-7-14-24)26-22-16-15-20-9-8-10-21(20)17-22/h2-7,11-18H,8-10H2,1H3. The molecule has 3 heteroatoms. The molecule has 0 N–H and O–H groups in total. The monoisotopic (exact) mass is 401 g/mol. The van der Waals surface area contributed by atoms with Gasteiger partial charge < -0.3 is 0 Å². The largest absolute Gasteiger partial charge is 0.241 e. The van der Waals surface area contributed by atoms with Crippen molar-refractivity contribution in [1.82, 2.24) is 0 Å². The van der Waals surface area contributed by atoms with Crippen molar-refractivity contribution in [2.24, 2.45) is 4.99 Å². The third-order valence-corrected chi connectivity index (χ3v) is 6.85. The highest BCUT2D eigenvalue weighted by atomic mass is 32.2. The molecule has 0 fully saturated rings. The summed E-state index contributed by atoms with van der Waals surface area (Å²) in [6, 6.07) is 27.6. The van der Waals surface area contributed by atoms with Crippen LogP contribution in [-0.2, 0) is 12.8 Å². The molecule has 4 rings (SSSR count). The molecular formula is C25H23NS2. The van der Waals surface area contributed by atoms with Crippen LogP contribution in [0.15, 0.2) is 105 Å². The molecule has 1 aliphatic carbocycles. The molecule has 0 unspecified atom stereocenters. The molecule has 28 heavy (non-hydrogen) atoms. The Morgan fingerprint density at radius 3 is 2.25 bits per heavy atom. The number of aryl methyl sites for hydroxylation is 2. The van der Waals surface area contributed by atoms with E-state index in [1.54, 1.807) is 23.5 Å². The molecule has 0 saturated heterocycles. The van der Waals surface area contributed by atoms with Crippen LogP contribution >= 0.6 is 23.5 Å². The van der Waals surface area contributed by atoms with Crippen molar-refractivity contribution in [3.05, 3.63) is 101 Å². The van der Waals surface area contributed by atoms with E-state index in [9.17, 15) is 0 Å². The Hall–Kier alpha value is -2.23. The average molecular weight is 402 g/mol. The quantitative estimate of drug-likeness (QED) is 0.247. The molecule has 0 bridgehead atoms. The molecule has 0 saturated carbocycles. The fourth-order valence-corrected chi connectivity index (χ4v) is 4.94. The van der Waals surface area contributed by atoms with Crippen LogP contribution in [0.5, 0.6) is 0 Å². The van der Waals surface area contributed by atoms with Crippen LogP contribution in [-0.4, -0.2) is 5.04 Å². The van der Waals surface area contributed by atoms with Gasteiger partial charge >= 0.3 is 0 Å². The third kappa shape index (κ3) is 4.98. The Labute approximate surface area is 176 Å². The van der Waals surface area contributed by atoms with E-state index in [0.29, 0.717) is 0 Å². The van der Waals surface area contributed by atoms with Gasteiger partial charge in [-0.25, -0.2) is 4.99 Å². The van der Waals surface area contributed by atoms with Crippen molar-refractivity contribution in [3.8, 4) is 0 Å². The van der Waals surface area contributed by atoms with E-state index in [1.807, 2.05) is 6.07 Å². The molecule has 0 aromatic heterocycles. The number of thioether (sulfide) groups is 2. The van der Waals surface area contributed by atoms with Crippen LogP contribution in [0.4, 0.5) is 5.69 Å². The van der Waals surface area contributed by atoms with Gasteiger partial charge in [0.15, 0.2) is 0 Å². The molecule has 0 amide bonds. The van der Waals surface area contributed by atoms with Crippen molar-refractivity contribution in [3.63, 3.8) is 0 Å². The Balaban J connectivity index is 1.63. The molecule has 0 aliphatic heterocycles. The average Bonchev–Trinajstić information content (AvgIpc) is 3.21. The Morgan fingerprint density at radius 2 is 1.50 bits per heavy atom. The number of fused-ring (bicyclic) bond motifs is 1. The van der Waals surface area contributed by atoms with Gasteiger partial charge in [-0.3, -0.25) is 0 Å². The third-order valence-electron chi connectivity index (χ3n) is 4.72. The summed E-state index contributed by atoms with van der Waals surface area (Å²) >= 11 is 3.47. The van der Waals surface area contributed by atoms with Crippen LogP contribution in [0.1, 0.15) is 24.5 Å². The van der Waals surface area contributed by atoms with Crippen LogP contribution in [0.3, 0.4) is 0 Å². The molecule has 0 radical (unpaired) electrons.